The molecule has 0 spiro atoms. The summed E-state index contributed by atoms with van der Waals surface area (Å²) in [7, 11) is 2.38. The standard InChI is InChI=1S/C19H29N5O5S2/c1-13(2)20-16(25)12-30-19-22-21-18(24(19)11-17(28-5)29-6)14-8-7-9-15(10-14)31(26,27)23(3)4/h7-10,13,17H,11-12H2,1-6H3,(H,20,25). The Kier molecular flexibility index (Phi) is 9.01. The van der Waals surface area contributed by atoms with Crippen LogP contribution in [0.15, 0.2) is 34.3 Å². The fourth-order valence-corrected chi connectivity index (χ4v) is 4.38. The SMILES string of the molecule is COC(Cn1c(SCC(=O)NC(C)C)nnc1-c1cccc(S(=O)(=O)N(C)C)c1)OC. The smallest absolute Gasteiger partial charge is 0.242 e. The van der Waals surface area contributed by atoms with E-state index < -0.39 is 16.3 Å². The molecule has 0 saturated carbocycles. The van der Waals surface area contributed by atoms with Crippen molar-refractivity contribution in [2.24, 2.45) is 0 Å². The van der Waals surface area contributed by atoms with Crippen LogP contribution in [0.3, 0.4) is 0 Å². The fourth-order valence-electron chi connectivity index (χ4n) is 2.67. The van der Waals surface area contributed by atoms with Gasteiger partial charge in [-0.25, -0.2) is 12.7 Å². The molecule has 172 valence electrons. The van der Waals surface area contributed by atoms with Crippen molar-refractivity contribution in [1.82, 2.24) is 24.4 Å². The maximum absolute atomic E-state index is 12.5. The molecule has 1 heterocycles. The lowest BCUT2D eigenvalue weighted by Gasteiger charge is -2.17. The number of hydrogen-bond donors (Lipinski definition) is 1. The minimum Gasteiger partial charge on any atom is -0.354 e. The molecular weight excluding hydrogens is 442 g/mol. The van der Waals surface area contributed by atoms with Crippen LogP contribution < -0.4 is 5.32 Å². The first kappa shape index (κ1) is 25.3. The number of sulfonamides is 1. The van der Waals surface area contributed by atoms with E-state index in [4.69, 9.17) is 9.47 Å². The minimum absolute atomic E-state index is 0.0364. The summed E-state index contributed by atoms with van der Waals surface area (Å²) in [6.45, 7) is 4.04. The molecule has 0 fully saturated rings. The summed E-state index contributed by atoms with van der Waals surface area (Å²) in [5, 5.41) is 11.8. The second kappa shape index (κ2) is 11.0. The lowest BCUT2D eigenvalue weighted by molar-refractivity contribution is -0.119. The summed E-state index contributed by atoms with van der Waals surface area (Å²) < 4.78 is 38.6. The first-order valence-corrected chi connectivity index (χ1v) is 12.0. The van der Waals surface area contributed by atoms with Crippen LogP contribution in [0, 0.1) is 0 Å². The van der Waals surface area contributed by atoms with Crippen molar-refractivity contribution in [2.75, 3.05) is 34.1 Å². The van der Waals surface area contributed by atoms with Gasteiger partial charge in [0.1, 0.15) is 0 Å². The molecule has 1 aromatic heterocycles. The molecule has 2 rings (SSSR count). The van der Waals surface area contributed by atoms with Gasteiger partial charge in [-0.15, -0.1) is 10.2 Å². The molecule has 0 aliphatic rings. The van der Waals surface area contributed by atoms with Gasteiger partial charge in [-0.05, 0) is 26.0 Å². The quantitative estimate of drug-likeness (QED) is 0.387. The van der Waals surface area contributed by atoms with E-state index >= 15 is 0 Å². The third-order valence-electron chi connectivity index (χ3n) is 4.23. The van der Waals surface area contributed by atoms with Crippen LogP contribution in [0.5, 0.6) is 0 Å². The lowest BCUT2D eigenvalue weighted by atomic mass is 10.2. The number of nitrogens with one attached hydrogen (secondary N) is 1. The van der Waals surface area contributed by atoms with E-state index in [1.807, 2.05) is 13.8 Å². The number of nitrogens with zero attached hydrogens (tertiary/aromatic N) is 4. The van der Waals surface area contributed by atoms with Crippen molar-refractivity contribution in [1.29, 1.82) is 0 Å². The number of amides is 1. The van der Waals surface area contributed by atoms with Gasteiger partial charge in [-0.2, -0.15) is 0 Å². The highest BCUT2D eigenvalue weighted by Gasteiger charge is 2.22. The van der Waals surface area contributed by atoms with Crippen LogP contribution in [-0.4, -0.2) is 79.8 Å². The van der Waals surface area contributed by atoms with E-state index in [2.05, 4.69) is 15.5 Å². The van der Waals surface area contributed by atoms with E-state index in [1.165, 1.54) is 46.1 Å². The van der Waals surface area contributed by atoms with Gasteiger partial charge in [0.15, 0.2) is 17.3 Å². The third-order valence-corrected chi connectivity index (χ3v) is 7.00. The van der Waals surface area contributed by atoms with Crippen LogP contribution in [0.1, 0.15) is 13.8 Å². The Hall–Kier alpha value is -1.99. The van der Waals surface area contributed by atoms with Crippen molar-refractivity contribution in [3.05, 3.63) is 24.3 Å². The van der Waals surface area contributed by atoms with Crippen molar-refractivity contribution >= 4 is 27.7 Å². The first-order chi connectivity index (χ1) is 14.6. The van der Waals surface area contributed by atoms with Gasteiger partial charge in [0.05, 0.1) is 17.2 Å². The van der Waals surface area contributed by atoms with Gasteiger partial charge in [0, 0.05) is 39.9 Å². The largest absolute Gasteiger partial charge is 0.354 e. The number of rotatable bonds is 11. The van der Waals surface area contributed by atoms with Crippen LogP contribution in [0.4, 0.5) is 0 Å². The van der Waals surface area contributed by atoms with Gasteiger partial charge in [-0.1, -0.05) is 23.9 Å². The van der Waals surface area contributed by atoms with Gasteiger partial charge >= 0.3 is 0 Å². The number of carbonyl (C=O) groups is 1. The van der Waals surface area contributed by atoms with Crippen molar-refractivity contribution in [3.8, 4) is 11.4 Å². The predicted octanol–water partition coefficient (Wildman–Crippen LogP) is 1.43. The number of aromatic nitrogens is 3. The third kappa shape index (κ3) is 6.50. The predicted molar refractivity (Wildman–Crippen MR) is 118 cm³/mol. The van der Waals surface area contributed by atoms with Crippen LogP contribution in [0.25, 0.3) is 11.4 Å². The number of carbonyl (C=O) groups excluding carboxylic acids is 1. The zero-order chi connectivity index (χ0) is 23.2. The second-order valence-electron chi connectivity index (χ2n) is 7.14. The minimum atomic E-state index is -3.61. The van der Waals surface area contributed by atoms with E-state index in [1.54, 1.807) is 22.8 Å². The maximum Gasteiger partial charge on any atom is 0.242 e. The number of hydrogen-bond acceptors (Lipinski definition) is 8. The maximum atomic E-state index is 12.5. The molecule has 0 radical (unpaired) electrons. The molecule has 0 bridgehead atoms. The molecule has 1 N–H and O–H groups in total. The van der Waals surface area contributed by atoms with Gasteiger partial charge < -0.3 is 14.8 Å². The van der Waals surface area contributed by atoms with E-state index in [0.29, 0.717) is 16.5 Å². The monoisotopic (exact) mass is 471 g/mol. The molecule has 0 atom stereocenters. The average molecular weight is 472 g/mol. The summed E-state index contributed by atoms with van der Waals surface area (Å²) in [5.74, 6) is 0.489. The van der Waals surface area contributed by atoms with Gasteiger partial charge in [-0.3, -0.25) is 9.36 Å². The Morgan fingerprint density at radius 2 is 1.90 bits per heavy atom. The zero-order valence-corrected chi connectivity index (χ0v) is 20.2. The first-order valence-electron chi connectivity index (χ1n) is 9.54. The fraction of sp³-hybridized carbons (Fsp3) is 0.526. The van der Waals surface area contributed by atoms with Crippen LogP contribution in [-0.2, 0) is 30.8 Å². The summed E-state index contributed by atoms with van der Waals surface area (Å²) in [6.07, 6.45) is -0.577. The number of thioether (sulfide) groups is 1. The topological polar surface area (TPSA) is 116 Å². The van der Waals surface area contributed by atoms with E-state index in [9.17, 15) is 13.2 Å². The van der Waals surface area contributed by atoms with Crippen molar-refractivity contribution in [2.45, 2.75) is 42.8 Å². The van der Waals surface area contributed by atoms with Crippen LogP contribution in [0.2, 0.25) is 0 Å². The zero-order valence-electron chi connectivity index (χ0n) is 18.5. The highest BCUT2D eigenvalue weighted by Crippen LogP contribution is 2.27. The molecule has 0 aliphatic carbocycles. The van der Waals surface area contributed by atoms with E-state index in [0.717, 1.165) is 4.31 Å². The molecule has 10 nitrogen and oxygen atoms in total. The van der Waals surface area contributed by atoms with E-state index in [-0.39, 0.29) is 29.1 Å². The molecule has 0 unspecified atom stereocenters. The summed E-state index contributed by atoms with van der Waals surface area (Å²) in [4.78, 5) is 12.2. The lowest BCUT2D eigenvalue weighted by Crippen LogP contribution is -2.31. The average Bonchev–Trinajstić information content (AvgIpc) is 3.12. The Bertz CT molecular complexity index is 987. The number of ether oxygens (including phenoxy) is 2. The molecule has 0 aliphatic heterocycles. The Morgan fingerprint density at radius 1 is 1.23 bits per heavy atom. The second-order valence-corrected chi connectivity index (χ2v) is 10.2. The Labute approximate surface area is 187 Å². The molecule has 1 aromatic carbocycles. The molecule has 12 heteroatoms. The van der Waals surface area contributed by atoms with Crippen molar-refractivity contribution < 1.29 is 22.7 Å². The molecule has 0 saturated heterocycles. The molecule has 2 aromatic rings. The number of methoxy groups -OCH3 is 2. The highest BCUT2D eigenvalue weighted by atomic mass is 32.2. The molecule has 1 amide bonds. The highest BCUT2D eigenvalue weighted by molar-refractivity contribution is 7.99. The summed E-state index contributed by atoms with van der Waals surface area (Å²) in [6, 6.07) is 6.51. The van der Waals surface area contributed by atoms with Gasteiger partial charge in [0.25, 0.3) is 0 Å². The Balaban J connectivity index is 2.43. The number of benzene rings is 1. The summed E-state index contributed by atoms with van der Waals surface area (Å²) >= 11 is 1.23. The van der Waals surface area contributed by atoms with Crippen molar-refractivity contribution in [3.63, 3.8) is 0 Å². The van der Waals surface area contributed by atoms with Gasteiger partial charge in [0.2, 0.25) is 15.9 Å². The molecule has 31 heavy (non-hydrogen) atoms. The van der Waals surface area contributed by atoms with Crippen LogP contribution >= 0.6 is 11.8 Å². The Morgan fingerprint density at radius 3 is 2.48 bits per heavy atom. The normalized spacial score (nSPS) is 12.2. The molecular formula is C19H29N5O5S2. The summed E-state index contributed by atoms with van der Waals surface area (Å²) in [5.41, 5.74) is 0.569.